The van der Waals surface area contributed by atoms with Crippen LogP contribution in [0, 0.1) is 11.3 Å². The summed E-state index contributed by atoms with van der Waals surface area (Å²) in [5.41, 5.74) is 3.72. The van der Waals surface area contributed by atoms with E-state index in [0.29, 0.717) is 12.1 Å². The van der Waals surface area contributed by atoms with E-state index in [9.17, 15) is 4.79 Å². The zero-order valence-electron chi connectivity index (χ0n) is 13.4. The molecule has 0 N–H and O–H groups in total. The van der Waals surface area contributed by atoms with Crippen LogP contribution in [0.1, 0.15) is 17.5 Å². The zero-order chi connectivity index (χ0) is 17.2. The van der Waals surface area contributed by atoms with E-state index in [1.165, 1.54) is 5.56 Å². The van der Waals surface area contributed by atoms with E-state index in [4.69, 9.17) is 10.3 Å². The number of nitrogens with zero attached hydrogens (tertiary/aromatic N) is 3. The Morgan fingerprint density at radius 3 is 2.80 bits per heavy atom. The molecule has 1 atom stereocenters. The third-order valence-corrected chi connectivity index (χ3v) is 6.71. The Balaban J connectivity index is 1.47. The Labute approximate surface area is 154 Å². The van der Waals surface area contributed by atoms with Crippen LogP contribution in [0.5, 0.6) is 0 Å². The second-order valence-electron chi connectivity index (χ2n) is 5.84. The lowest BCUT2D eigenvalue weighted by atomic mass is 10.2. The highest BCUT2D eigenvalue weighted by Crippen LogP contribution is 2.38. The number of carbonyl (C=O) groups excluding carboxylic acids is 1. The maximum atomic E-state index is 12.8. The van der Waals surface area contributed by atoms with Gasteiger partial charge in [0.25, 0.3) is 0 Å². The van der Waals surface area contributed by atoms with Gasteiger partial charge in [0.15, 0.2) is 0 Å². The van der Waals surface area contributed by atoms with Crippen LogP contribution in [0.3, 0.4) is 0 Å². The molecule has 0 aliphatic carbocycles. The molecule has 6 heteroatoms. The molecule has 0 aromatic heterocycles. The summed E-state index contributed by atoms with van der Waals surface area (Å²) in [4.78, 5) is 19.3. The van der Waals surface area contributed by atoms with Crippen molar-refractivity contribution in [1.82, 2.24) is 0 Å². The first-order valence-electron chi connectivity index (χ1n) is 8.02. The zero-order valence-corrected chi connectivity index (χ0v) is 15.0. The third-order valence-electron chi connectivity index (χ3n) is 4.26. The number of hydrogen-bond acceptors (Lipinski definition) is 5. The van der Waals surface area contributed by atoms with Crippen LogP contribution < -0.4 is 4.90 Å². The number of fused-ring (bicyclic) bond motifs is 1. The van der Waals surface area contributed by atoms with Crippen LogP contribution in [-0.2, 0) is 10.5 Å². The van der Waals surface area contributed by atoms with E-state index in [-0.39, 0.29) is 11.2 Å². The van der Waals surface area contributed by atoms with Crippen LogP contribution in [0.2, 0.25) is 0 Å². The van der Waals surface area contributed by atoms with Crippen LogP contribution in [0.15, 0.2) is 53.5 Å². The molecule has 0 spiro atoms. The van der Waals surface area contributed by atoms with E-state index in [1.807, 2.05) is 30.3 Å². The minimum Gasteiger partial charge on any atom is -0.311 e. The molecule has 2 aromatic carbocycles. The summed E-state index contributed by atoms with van der Waals surface area (Å²) in [6, 6.07) is 17.4. The number of para-hydroxylation sites is 1. The summed E-state index contributed by atoms with van der Waals surface area (Å²) in [6.07, 6.45) is 0.810. The van der Waals surface area contributed by atoms with Crippen molar-refractivity contribution in [2.75, 3.05) is 11.4 Å². The maximum absolute atomic E-state index is 12.8. The Morgan fingerprint density at radius 2 is 2.00 bits per heavy atom. The van der Waals surface area contributed by atoms with Crippen LogP contribution >= 0.6 is 23.5 Å². The molecule has 0 saturated carbocycles. The largest absolute Gasteiger partial charge is 0.311 e. The van der Waals surface area contributed by atoms with Gasteiger partial charge < -0.3 is 4.90 Å². The molecule has 25 heavy (non-hydrogen) atoms. The number of anilines is 1. The fourth-order valence-electron chi connectivity index (χ4n) is 2.93. The summed E-state index contributed by atoms with van der Waals surface area (Å²) in [6.45, 7) is 0.705. The molecule has 2 heterocycles. The summed E-state index contributed by atoms with van der Waals surface area (Å²) in [5, 5.41) is 8.80. The van der Waals surface area contributed by atoms with Gasteiger partial charge >= 0.3 is 0 Å². The van der Waals surface area contributed by atoms with Gasteiger partial charge in [-0.2, -0.15) is 5.26 Å². The average Bonchev–Trinajstić information content (AvgIpc) is 3.02. The standard InChI is InChI=1S/C19H15N3OS2/c20-11-13-5-7-15(8-6-13)22-10-9-17(18(22)23)25-19-21-16-4-2-1-3-14(16)12-24-19/h1-8,17H,9-10,12H2/t17-/m0/s1. The number of rotatable bonds is 2. The van der Waals surface area contributed by atoms with Gasteiger partial charge in [0.1, 0.15) is 4.38 Å². The van der Waals surface area contributed by atoms with Crippen molar-refractivity contribution >= 4 is 45.2 Å². The van der Waals surface area contributed by atoms with Gasteiger partial charge in [0.05, 0.1) is 22.6 Å². The third kappa shape index (κ3) is 3.30. The normalized spacial score (nSPS) is 19.3. The van der Waals surface area contributed by atoms with E-state index in [1.54, 1.807) is 40.6 Å². The van der Waals surface area contributed by atoms with Crippen molar-refractivity contribution in [3.05, 3.63) is 59.7 Å². The van der Waals surface area contributed by atoms with Gasteiger partial charge in [-0.15, -0.1) is 0 Å². The minimum absolute atomic E-state index is 0.0906. The highest BCUT2D eigenvalue weighted by molar-refractivity contribution is 8.39. The van der Waals surface area contributed by atoms with Crippen molar-refractivity contribution in [3.8, 4) is 6.07 Å². The quantitative estimate of drug-likeness (QED) is 0.795. The minimum atomic E-state index is -0.0906. The van der Waals surface area contributed by atoms with Crippen LogP contribution in [0.4, 0.5) is 11.4 Å². The van der Waals surface area contributed by atoms with Gasteiger partial charge in [-0.25, -0.2) is 4.99 Å². The average molecular weight is 365 g/mol. The van der Waals surface area contributed by atoms with Crippen molar-refractivity contribution in [1.29, 1.82) is 5.26 Å². The summed E-state index contributed by atoms with van der Waals surface area (Å²) < 4.78 is 0.971. The Kier molecular flexibility index (Phi) is 4.51. The van der Waals surface area contributed by atoms with Gasteiger partial charge in [0, 0.05) is 18.0 Å². The molecular formula is C19H15N3OS2. The molecule has 2 aromatic rings. The van der Waals surface area contributed by atoms with Crippen LogP contribution in [0.25, 0.3) is 0 Å². The monoisotopic (exact) mass is 365 g/mol. The number of benzene rings is 2. The fourth-order valence-corrected chi connectivity index (χ4v) is 5.26. The molecule has 4 rings (SSSR count). The Hall–Kier alpha value is -2.23. The summed E-state index contributed by atoms with van der Waals surface area (Å²) >= 11 is 3.28. The van der Waals surface area contributed by atoms with Crippen molar-refractivity contribution in [3.63, 3.8) is 0 Å². The number of hydrogen-bond donors (Lipinski definition) is 0. The number of amides is 1. The lowest BCUT2D eigenvalue weighted by Gasteiger charge is -2.18. The smallest absolute Gasteiger partial charge is 0.240 e. The molecule has 1 saturated heterocycles. The molecule has 0 unspecified atom stereocenters. The van der Waals surface area contributed by atoms with Crippen molar-refractivity contribution in [2.45, 2.75) is 17.4 Å². The fraction of sp³-hybridized carbons (Fsp3) is 0.211. The topological polar surface area (TPSA) is 56.5 Å². The number of thioether (sulfide) groups is 2. The Bertz CT molecular complexity index is 886. The van der Waals surface area contributed by atoms with Crippen molar-refractivity contribution in [2.24, 2.45) is 4.99 Å². The second-order valence-corrected chi connectivity index (χ2v) is 8.25. The Morgan fingerprint density at radius 1 is 1.20 bits per heavy atom. The highest BCUT2D eigenvalue weighted by atomic mass is 32.2. The molecule has 4 nitrogen and oxygen atoms in total. The molecule has 1 amide bonds. The van der Waals surface area contributed by atoms with Gasteiger partial charge in [-0.05, 0) is 42.3 Å². The van der Waals surface area contributed by atoms with E-state index in [2.05, 4.69) is 12.1 Å². The lowest BCUT2D eigenvalue weighted by Crippen LogP contribution is -2.28. The molecule has 1 fully saturated rings. The molecule has 0 bridgehead atoms. The van der Waals surface area contributed by atoms with Gasteiger partial charge in [0.2, 0.25) is 5.91 Å². The SMILES string of the molecule is N#Cc1ccc(N2CC[C@H](SC3=Nc4ccccc4CS3)C2=O)cc1. The lowest BCUT2D eigenvalue weighted by molar-refractivity contribution is -0.116. The number of aliphatic imine (C=N–C) groups is 1. The predicted molar refractivity (Wildman–Crippen MR) is 104 cm³/mol. The van der Waals surface area contributed by atoms with E-state index < -0.39 is 0 Å². The van der Waals surface area contributed by atoms with Gasteiger partial charge in [-0.3, -0.25) is 4.79 Å². The molecule has 2 aliphatic heterocycles. The summed E-state index contributed by atoms with van der Waals surface area (Å²) in [5.74, 6) is 1.03. The molecular weight excluding hydrogens is 350 g/mol. The predicted octanol–water partition coefficient (Wildman–Crippen LogP) is 4.33. The molecule has 2 aliphatic rings. The summed E-state index contributed by atoms with van der Waals surface area (Å²) in [7, 11) is 0. The number of nitriles is 1. The van der Waals surface area contributed by atoms with Crippen LogP contribution in [-0.4, -0.2) is 22.1 Å². The van der Waals surface area contributed by atoms with E-state index in [0.717, 1.165) is 27.9 Å². The first-order chi connectivity index (χ1) is 12.2. The van der Waals surface area contributed by atoms with Crippen molar-refractivity contribution < 1.29 is 4.79 Å². The van der Waals surface area contributed by atoms with Gasteiger partial charge in [-0.1, -0.05) is 41.7 Å². The molecule has 0 radical (unpaired) electrons. The highest BCUT2D eigenvalue weighted by Gasteiger charge is 2.34. The molecule has 124 valence electrons. The maximum Gasteiger partial charge on any atom is 0.240 e. The first-order valence-corrected chi connectivity index (χ1v) is 9.89. The second kappa shape index (κ2) is 6.95. The first kappa shape index (κ1) is 16.2. The number of carbonyl (C=O) groups is 1. The van der Waals surface area contributed by atoms with E-state index >= 15 is 0 Å².